The third-order valence-corrected chi connectivity index (χ3v) is 5.58. The lowest BCUT2D eigenvalue weighted by molar-refractivity contribution is -0.141. The number of ether oxygens (including phenoxy) is 1. The molecule has 0 heterocycles. The molecule has 0 saturated carbocycles. The summed E-state index contributed by atoms with van der Waals surface area (Å²) in [5.74, 6) is -0.585. The summed E-state index contributed by atoms with van der Waals surface area (Å²) in [4.78, 5) is 12.1. The summed E-state index contributed by atoms with van der Waals surface area (Å²) in [6.07, 6.45) is 0. The van der Waals surface area contributed by atoms with Gasteiger partial charge in [0.1, 0.15) is 6.54 Å². The van der Waals surface area contributed by atoms with Gasteiger partial charge in [0, 0.05) is 0 Å². The van der Waals surface area contributed by atoms with E-state index in [2.05, 4.69) is 0 Å². The van der Waals surface area contributed by atoms with Crippen LogP contribution in [-0.4, -0.2) is 27.5 Å². The molecule has 0 spiro atoms. The van der Waals surface area contributed by atoms with Gasteiger partial charge in [-0.25, -0.2) is 8.42 Å². The van der Waals surface area contributed by atoms with Crippen LogP contribution in [0.2, 0.25) is 0 Å². The second-order valence-electron chi connectivity index (χ2n) is 5.92. The summed E-state index contributed by atoms with van der Waals surface area (Å²) >= 11 is 0. The Kier molecular flexibility index (Phi) is 5.85. The highest BCUT2D eigenvalue weighted by Gasteiger charge is 2.28. The molecule has 0 radical (unpaired) electrons. The van der Waals surface area contributed by atoms with Crippen LogP contribution in [0.1, 0.15) is 23.6 Å². The topological polar surface area (TPSA) is 63.7 Å². The van der Waals surface area contributed by atoms with Gasteiger partial charge in [-0.15, -0.1) is 0 Å². The van der Waals surface area contributed by atoms with Gasteiger partial charge < -0.3 is 4.74 Å². The first kappa shape index (κ1) is 19.0. The van der Waals surface area contributed by atoms with Gasteiger partial charge in [0.05, 0.1) is 17.2 Å². The van der Waals surface area contributed by atoms with Gasteiger partial charge in [0.25, 0.3) is 10.0 Å². The van der Waals surface area contributed by atoms with E-state index in [4.69, 9.17) is 4.74 Å². The van der Waals surface area contributed by atoms with E-state index in [9.17, 15) is 13.2 Å². The van der Waals surface area contributed by atoms with E-state index in [0.29, 0.717) is 5.69 Å². The predicted octanol–water partition coefficient (Wildman–Crippen LogP) is 3.37. The molecule has 0 atom stereocenters. The first-order valence-electron chi connectivity index (χ1n) is 8.08. The molecule has 2 aromatic carbocycles. The van der Waals surface area contributed by atoms with Crippen LogP contribution in [0.4, 0.5) is 5.69 Å². The Balaban J connectivity index is 2.53. The van der Waals surface area contributed by atoms with Crippen molar-refractivity contribution in [2.45, 2.75) is 32.6 Å². The van der Waals surface area contributed by atoms with Crippen LogP contribution in [0.5, 0.6) is 0 Å². The van der Waals surface area contributed by atoms with Crippen molar-refractivity contribution in [1.29, 1.82) is 0 Å². The van der Waals surface area contributed by atoms with Crippen molar-refractivity contribution in [1.82, 2.24) is 0 Å². The molecule has 0 aromatic heterocycles. The summed E-state index contributed by atoms with van der Waals surface area (Å²) in [6, 6.07) is 12.0. The first-order chi connectivity index (χ1) is 11.8. The zero-order chi connectivity index (χ0) is 18.6. The molecule has 0 amide bonds. The minimum Gasteiger partial charge on any atom is -0.465 e. The highest BCUT2D eigenvalue weighted by Crippen LogP contribution is 2.27. The maximum atomic E-state index is 13.1. The molecule has 2 aromatic rings. The number of sulfonamides is 1. The van der Waals surface area contributed by atoms with Crippen LogP contribution >= 0.6 is 0 Å². The lowest BCUT2D eigenvalue weighted by Crippen LogP contribution is -2.37. The molecule has 25 heavy (non-hydrogen) atoms. The smallest absolute Gasteiger partial charge is 0.326 e. The Bertz CT molecular complexity index is 857. The number of nitrogens with zero attached hydrogens (tertiary/aromatic N) is 1. The summed E-state index contributed by atoms with van der Waals surface area (Å²) in [5.41, 5.74) is 3.23. The van der Waals surface area contributed by atoms with Crippen LogP contribution in [0, 0.1) is 20.8 Å². The molecule has 0 aliphatic rings. The molecular weight excluding hydrogens is 338 g/mol. The Morgan fingerprint density at radius 3 is 2.16 bits per heavy atom. The molecule has 0 N–H and O–H groups in total. The Labute approximate surface area is 149 Å². The van der Waals surface area contributed by atoms with E-state index in [1.54, 1.807) is 37.3 Å². The number of hydrogen-bond donors (Lipinski definition) is 0. The molecule has 0 fully saturated rings. The van der Waals surface area contributed by atoms with Crippen molar-refractivity contribution < 1.29 is 17.9 Å². The van der Waals surface area contributed by atoms with Gasteiger partial charge in [0.2, 0.25) is 0 Å². The standard InChI is InChI=1S/C19H23NO4S/c1-5-24-19(21)13-20(18-11-8-15(3)12-16(18)4)25(22,23)17-9-6-14(2)7-10-17/h6-12H,5,13H2,1-4H3. The van der Waals surface area contributed by atoms with E-state index >= 15 is 0 Å². The van der Waals surface area contributed by atoms with Gasteiger partial charge in [-0.2, -0.15) is 0 Å². The molecule has 2 rings (SSSR count). The fraction of sp³-hybridized carbons (Fsp3) is 0.316. The van der Waals surface area contributed by atoms with Crippen molar-refractivity contribution in [2.24, 2.45) is 0 Å². The number of aryl methyl sites for hydroxylation is 3. The second kappa shape index (κ2) is 7.70. The van der Waals surface area contributed by atoms with E-state index in [0.717, 1.165) is 21.0 Å². The van der Waals surface area contributed by atoms with E-state index < -0.39 is 16.0 Å². The second-order valence-corrected chi connectivity index (χ2v) is 7.78. The van der Waals surface area contributed by atoms with Gasteiger partial charge >= 0.3 is 5.97 Å². The van der Waals surface area contributed by atoms with Crippen molar-refractivity contribution in [2.75, 3.05) is 17.5 Å². The quantitative estimate of drug-likeness (QED) is 0.740. The number of carbonyl (C=O) groups excluding carboxylic acids is 1. The van der Waals surface area contributed by atoms with Gasteiger partial charge in [-0.05, 0) is 51.5 Å². The molecule has 0 aliphatic carbocycles. The number of carbonyl (C=O) groups is 1. The van der Waals surface area contributed by atoms with Gasteiger partial charge in [-0.1, -0.05) is 35.4 Å². The van der Waals surface area contributed by atoms with E-state index in [1.165, 1.54) is 0 Å². The zero-order valence-electron chi connectivity index (χ0n) is 14.9. The van der Waals surface area contributed by atoms with Crippen molar-refractivity contribution >= 4 is 21.7 Å². The summed E-state index contributed by atoms with van der Waals surface area (Å²) < 4.78 is 32.4. The molecule has 134 valence electrons. The summed E-state index contributed by atoms with van der Waals surface area (Å²) in [7, 11) is -3.89. The molecule has 0 aliphatic heterocycles. The minimum atomic E-state index is -3.89. The number of anilines is 1. The monoisotopic (exact) mass is 361 g/mol. The van der Waals surface area contributed by atoms with Crippen LogP contribution in [0.25, 0.3) is 0 Å². The third-order valence-electron chi connectivity index (χ3n) is 3.81. The maximum Gasteiger partial charge on any atom is 0.326 e. The number of rotatable bonds is 6. The average molecular weight is 361 g/mol. The predicted molar refractivity (Wildman–Crippen MR) is 98.3 cm³/mol. The highest BCUT2D eigenvalue weighted by atomic mass is 32.2. The number of hydrogen-bond acceptors (Lipinski definition) is 4. The largest absolute Gasteiger partial charge is 0.465 e. The lowest BCUT2D eigenvalue weighted by Gasteiger charge is -2.25. The van der Waals surface area contributed by atoms with Crippen LogP contribution in [0.15, 0.2) is 47.4 Å². The molecule has 5 nitrogen and oxygen atoms in total. The van der Waals surface area contributed by atoms with E-state index in [1.807, 2.05) is 32.9 Å². The summed E-state index contributed by atoms with van der Waals surface area (Å²) in [5, 5.41) is 0. The van der Waals surface area contributed by atoms with Crippen molar-refractivity contribution in [3.05, 3.63) is 59.2 Å². The van der Waals surface area contributed by atoms with Gasteiger partial charge in [-0.3, -0.25) is 9.10 Å². The van der Waals surface area contributed by atoms with Crippen molar-refractivity contribution in [3.63, 3.8) is 0 Å². The van der Waals surface area contributed by atoms with Crippen LogP contribution in [-0.2, 0) is 19.6 Å². The fourth-order valence-corrected chi connectivity index (χ4v) is 4.02. The molecule has 0 unspecified atom stereocenters. The number of benzene rings is 2. The highest BCUT2D eigenvalue weighted by molar-refractivity contribution is 7.92. The Morgan fingerprint density at radius 2 is 1.60 bits per heavy atom. The molecule has 0 saturated heterocycles. The Hall–Kier alpha value is -2.34. The van der Waals surface area contributed by atoms with E-state index in [-0.39, 0.29) is 18.0 Å². The first-order valence-corrected chi connectivity index (χ1v) is 9.52. The van der Waals surface area contributed by atoms with Gasteiger partial charge in [0.15, 0.2) is 0 Å². The third kappa shape index (κ3) is 4.39. The van der Waals surface area contributed by atoms with Crippen LogP contribution in [0.3, 0.4) is 0 Å². The molecule has 6 heteroatoms. The fourth-order valence-electron chi connectivity index (χ4n) is 2.55. The zero-order valence-corrected chi connectivity index (χ0v) is 15.8. The Morgan fingerprint density at radius 1 is 1.00 bits per heavy atom. The number of esters is 1. The molecule has 0 bridgehead atoms. The van der Waals surface area contributed by atoms with Crippen LogP contribution < -0.4 is 4.31 Å². The summed E-state index contributed by atoms with van der Waals surface area (Å²) in [6.45, 7) is 7.16. The average Bonchev–Trinajstić information content (AvgIpc) is 2.54. The SMILES string of the molecule is CCOC(=O)CN(c1ccc(C)cc1C)S(=O)(=O)c1ccc(C)cc1. The maximum absolute atomic E-state index is 13.1. The minimum absolute atomic E-state index is 0.141. The normalized spacial score (nSPS) is 11.2. The molecular formula is C19H23NO4S. The van der Waals surface area contributed by atoms with Crippen molar-refractivity contribution in [3.8, 4) is 0 Å². The lowest BCUT2D eigenvalue weighted by atomic mass is 10.1.